The quantitative estimate of drug-likeness (QED) is 0.421. The fourth-order valence-corrected chi connectivity index (χ4v) is 4.33. The number of hydrogen-bond acceptors (Lipinski definition) is 6. The second kappa shape index (κ2) is 10.9. The van der Waals surface area contributed by atoms with Crippen molar-refractivity contribution in [3.05, 3.63) is 99.8 Å². The van der Waals surface area contributed by atoms with Gasteiger partial charge >= 0.3 is 0 Å². The van der Waals surface area contributed by atoms with E-state index in [2.05, 4.69) is 54.2 Å². The number of amidine groups is 1. The van der Waals surface area contributed by atoms with Gasteiger partial charge in [-0.05, 0) is 53.4 Å². The van der Waals surface area contributed by atoms with Crippen LogP contribution in [-0.2, 0) is 22.6 Å². The van der Waals surface area contributed by atoms with E-state index in [9.17, 15) is 5.21 Å². The summed E-state index contributed by atoms with van der Waals surface area (Å²) in [6.45, 7) is 4.89. The molecule has 3 aromatic carbocycles. The van der Waals surface area contributed by atoms with Crippen LogP contribution in [0.25, 0.3) is 11.1 Å². The van der Waals surface area contributed by atoms with Crippen LogP contribution in [0.4, 0.5) is 0 Å². The number of nitrogens with zero attached hydrogens (tertiary/aromatic N) is 3. The Kier molecular flexibility index (Phi) is 7.75. The second-order valence-electron chi connectivity index (χ2n) is 8.75. The molecule has 1 heterocycles. The van der Waals surface area contributed by atoms with Crippen LogP contribution in [0.2, 0.25) is 0 Å². The van der Waals surface area contributed by atoms with Crippen molar-refractivity contribution in [2.45, 2.75) is 26.2 Å². The monoisotopic (exact) mass is 458 g/mol. The van der Waals surface area contributed by atoms with E-state index in [-0.39, 0.29) is 0 Å². The largest absolute Gasteiger partial charge is 0.755 e. The molecular weight excluding hydrogens is 426 g/mol. The van der Waals surface area contributed by atoms with Crippen molar-refractivity contribution in [3.63, 3.8) is 0 Å². The van der Waals surface area contributed by atoms with Crippen LogP contribution >= 0.6 is 0 Å². The van der Waals surface area contributed by atoms with Gasteiger partial charge < -0.3 is 19.7 Å². The predicted octanol–water partition coefficient (Wildman–Crippen LogP) is 5.15. The molecule has 0 N–H and O–H groups in total. The number of hydroxylamine groups is 2. The minimum absolute atomic E-state index is 0.460. The molecule has 0 radical (unpaired) electrons. The first kappa shape index (κ1) is 24.1. The van der Waals surface area contributed by atoms with Crippen molar-refractivity contribution in [2.24, 2.45) is 4.99 Å². The standard InChI is InChI=1S/C28H32N3O3/c1-20-8-5-6-11-25(20)26-13-12-23(17-24(26)19-34-4)28-29-27(31(28)32)22-10-7-9-21(16-22)18-30(2)14-15-33-3/h5-13,16-17,27H,14-15,18-19H2,1-4H3/q-1. The average Bonchev–Trinajstić information content (AvgIpc) is 2.83. The van der Waals surface area contributed by atoms with Gasteiger partial charge in [0.2, 0.25) is 0 Å². The van der Waals surface area contributed by atoms with Gasteiger partial charge in [-0.2, -0.15) is 0 Å². The van der Waals surface area contributed by atoms with Gasteiger partial charge in [-0.15, -0.1) is 0 Å². The van der Waals surface area contributed by atoms with Gasteiger partial charge in [-0.1, -0.05) is 60.7 Å². The molecule has 3 aromatic rings. The van der Waals surface area contributed by atoms with E-state index in [0.29, 0.717) is 19.0 Å². The van der Waals surface area contributed by atoms with Crippen LogP contribution in [0.3, 0.4) is 0 Å². The lowest BCUT2D eigenvalue weighted by Crippen LogP contribution is -2.39. The topological polar surface area (TPSA) is 60.4 Å². The lowest BCUT2D eigenvalue weighted by molar-refractivity contribution is 0.158. The minimum atomic E-state index is -0.513. The highest BCUT2D eigenvalue weighted by Crippen LogP contribution is 2.35. The van der Waals surface area contributed by atoms with E-state index < -0.39 is 6.17 Å². The van der Waals surface area contributed by atoms with Gasteiger partial charge in [-0.25, -0.2) is 4.99 Å². The Labute approximate surface area is 202 Å². The maximum absolute atomic E-state index is 13.0. The van der Waals surface area contributed by atoms with Gasteiger partial charge in [-0.3, -0.25) is 4.90 Å². The normalized spacial score (nSPS) is 15.4. The molecule has 0 saturated heterocycles. The Balaban J connectivity index is 1.56. The highest BCUT2D eigenvalue weighted by molar-refractivity contribution is 6.03. The number of rotatable bonds is 10. The summed E-state index contributed by atoms with van der Waals surface area (Å²) in [5.74, 6) is 0.460. The molecule has 1 aliphatic rings. The van der Waals surface area contributed by atoms with Crippen molar-refractivity contribution in [1.29, 1.82) is 0 Å². The smallest absolute Gasteiger partial charge is 0.140 e. The molecule has 1 atom stereocenters. The molecule has 4 rings (SSSR count). The third-order valence-corrected chi connectivity index (χ3v) is 6.15. The van der Waals surface area contributed by atoms with Crippen molar-refractivity contribution in [2.75, 3.05) is 34.4 Å². The van der Waals surface area contributed by atoms with E-state index >= 15 is 0 Å². The van der Waals surface area contributed by atoms with Crippen LogP contribution in [0.15, 0.2) is 71.7 Å². The summed E-state index contributed by atoms with van der Waals surface area (Å²) in [5, 5.41) is 14.1. The summed E-state index contributed by atoms with van der Waals surface area (Å²) < 4.78 is 10.6. The first-order valence-electron chi connectivity index (χ1n) is 11.5. The molecule has 0 fully saturated rings. The minimum Gasteiger partial charge on any atom is -0.755 e. The number of benzene rings is 3. The van der Waals surface area contributed by atoms with E-state index in [0.717, 1.165) is 46.0 Å². The van der Waals surface area contributed by atoms with Gasteiger partial charge in [0.25, 0.3) is 0 Å². The van der Waals surface area contributed by atoms with E-state index in [4.69, 9.17) is 9.47 Å². The molecule has 6 heteroatoms. The first-order valence-corrected chi connectivity index (χ1v) is 11.5. The van der Waals surface area contributed by atoms with Crippen LogP contribution in [0.5, 0.6) is 0 Å². The lowest BCUT2D eigenvalue weighted by Gasteiger charge is -2.46. The summed E-state index contributed by atoms with van der Waals surface area (Å²) >= 11 is 0. The molecule has 0 amide bonds. The SMILES string of the molecule is COCCN(C)Cc1cccc(C2N=C(c3ccc(-c4ccccc4C)c(COC)c3)N2[O-])c1. The van der Waals surface area contributed by atoms with Crippen LogP contribution < -0.4 is 0 Å². The predicted molar refractivity (Wildman–Crippen MR) is 136 cm³/mol. The fourth-order valence-electron chi connectivity index (χ4n) is 4.33. The summed E-state index contributed by atoms with van der Waals surface area (Å²) in [5.41, 5.74) is 7.39. The Morgan fingerprint density at radius 1 is 0.971 bits per heavy atom. The highest BCUT2D eigenvalue weighted by atomic mass is 16.5. The zero-order valence-corrected chi connectivity index (χ0v) is 20.3. The highest BCUT2D eigenvalue weighted by Gasteiger charge is 2.27. The molecule has 6 nitrogen and oxygen atoms in total. The van der Waals surface area contributed by atoms with Crippen molar-refractivity contribution < 1.29 is 9.47 Å². The number of aryl methyl sites for hydroxylation is 1. The molecule has 178 valence electrons. The van der Waals surface area contributed by atoms with Crippen LogP contribution in [-0.4, -0.2) is 50.2 Å². The van der Waals surface area contributed by atoms with Gasteiger partial charge in [0.1, 0.15) is 12.0 Å². The summed E-state index contributed by atoms with van der Waals surface area (Å²) in [4.78, 5) is 6.88. The zero-order valence-electron chi connectivity index (χ0n) is 20.3. The fraction of sp³-hybridized carbons (Fsp3) is 0.321. The van der Waals surface area contributed by atoms with Crippen molar-refractivity contribution in [3.8, 4) is 11.1 Å². The maximum Gasteiger partial charge on any atom is 0.140 e. The molecule has 0 aliphatic carbocycles. The zero-order chi connectivity index (χ0) is 24.1. The number of ether oxygens (including phenoxy) is 2. The molecule has 0 saturated carbocycles. The molecule has 0 spiro atoms. The van der Waals surface area contributed by atoms with Crippen LogP contribution in [0, 0.1) is 12.1 Å². The summed E-state index contributed by atoms with van der Waals surface area (Å²) in [6, 6.07) is 22.4. The summed E-state index contributed by atoms with van der Waals surface area (Å²) in [6.07, 6.45) is -0.513. The van der Waals surface area contributed by atoms with E-state index in [1.54, 1.807) is 14.2 Å². The third-order valence-electron chi connectivity index (χ3n) is 6.15. The lowest BCUT2D eigenvalue weighted by atomic mass is 9.94. The van der Waals surface area contributed by atoms with E-state index in [1.807, 2.05) is 36.4 Å². The average molecular weight is 459 g/mol. The molecule has 1 aliphatic heterocycles. The van der Waals surface area contributed by atoms with E-state index in [1.165, 1.54) is 11.1 Å². The number of likely N-dealkylation sites (N-methyl/N-ethyl adjacent to an activating group) is 1. The molecule has 1 unspecified atom stereocenters. The first-order chi connectivity index (χ1) is 16.5. The number of methoxy groups -OCH3 is 2. The third kappa shape index (κ3) is 5.21. The number of hydrogen-bond donors (Lipinski definition) is 0. The Morgan fingerprint density at radius 3 is 2.53 bits per heavy atom. The maximum atomic E-state index is 13.0. The Hall–Kier alpha value is -3.03. The summed E-state index contributed by atoms with van der Waals surface area (Å²) in [7, 11) is 5.45. The molecule has 0 bridgehead atoms. The van der Waals surface area contributed by atoms with Crippen LogP contribution in [0.1, 0.15) is 34.0 Å². The molecule has 0 aromatic heterocycles. The van der Waals surface area contributed by atoms with Crippen molar-refractivity contribution in [1.82, 2.24) is 9.96 Å². The van der Waals surface area contributed by atoms with Gasteiger partial charge in [0.15, 0.2) is 0 Å². The number of aliphatic imine (C=N–C) groups is 1. The van der Waals surface area contributed by atoms with Gasteiger partial charge in [0, 0.05) is 32.9 Å². The second-order valence-corrected chi connectivity index (χ2v) is 8.75. The molecular formula is C28H32N3O3-. The Bertz CT molecular complexity index is 1160. The molecule has 34 heavy (non-hydrogen) atoms. The Morgan fingerprint density at radius 2 is 1.79 bits per heavy atom. The van der Waals surface area contributed by atoms with Crippen molar-refractivity contribution >= 4 is 5.84 Å². The van der Waals surface area contributed by atoms with Gasteiger partial charge in [0.05, 0.1) is 13.2 Å².